The van der Waals surface area contributed by atoms with Crippen LogP contribution < -0.4 is 10.1 Å². The van der Waals surface area contributed by atoms with Crippen LogP contribution in [0.15, 0.2) is 35.4 Å². The van der Waals surface area contributed by atoms with Gasteiger partial charge in [0.2, 0.25) is 0 Å². The van der Waals surface area contributed by atoms with Crippen LogP contribution >= 0.6 is 0 Å². The number of anilines is 1. The molecule has 250 valence electrons. The molecule has 0 radical (unpaired) electrons. The Morgan fingerprint density at radius 2 is 1.83 bits per heavy atom. The number of carbonyl (C=O) groups is 2. The van der Waals surface area contributed by atoms with Crippen molar-refractivity contribution >= 4 is 17.8 Å². The number of aryl methyl sites for hydroxylation is 2. The lowest BCUT2D eigenvalue weighted by molar-refractivity contribution is -0.138. The van der Waals surface area contributed by atoms with E-state index in [-0.39, 0.29) is 18.2 Å². The summed E-state index contributed by atoms with van der Waals surface area (Å²) in [5.74, 6) is -0.500. The summed E-state index contributed by atoms with van der Waals surface area (Å²) in [5, 5.41) is 16.5. The summed E-state index contributed by atoms with van der Waals surface area (Å²) in [6.45, 7) is 3.34. The summed E-state index contributed by atoms with van der Waals surface area (Å²) in [7, 11) is 0. The molecule has 0 spiro atoms. The molecule has 0 saturated carbocycles. The average Bonchev–Trinajstić information content (AvgIpc) is 3.41. The molecule has 0 unspecified atom stereocenters. The number of carboxylic acids is 1. The summed E-state index contributed by atoms with van der Waals surface area (Å²) in [4.78, 5) is 35.9. The Morgan fingerprint density at radius 1 is 1.07 bits per heavy atom. The minimum Gasteiger partial charge on any atom is -0.491 e. The van der Waals surface area contributed by atoms with Crippen LogP contribution in [0.1, 0.15) is 99.9 Å². The smallest absolute Gasteiger partial charge is 0.320 e. The van der Waals surface area contributed by atoms with Gasteiger partial charge in [-0.05, 0) is 73.4 Å². The third-order valence-electron chi connectivity index (χ3n) is 8.75. The van der Waals surface area contributed by atoms with Gasteiger partial charge in [-0.25, -0.2) is 14.2 Å². The number of rotatable bonds is 21. The molecule has 11 nitrogen and oxygen atoms in total. The van der Waals surface area contributed by atoms with Crippen molar-refractivity contribution < 1.29 is 23.8 Å². The Hall–Kier alpha value is -4.05. The van der Waals surface area contributed by atoms with Gasteiger partial charge in [-0.1, -0.05) is 62.2 Å². The van der Waals surface area contributed by atoms with Crippen molar-refractivity contribution in [3.63, 3.8) is 0 Å². The number of ether oxygens (including phenoxy) is 1. The molecule has 46 heavy (non-hydrogen) atoms. The number of amides is 2. The second kappa shape index (κ2) is 18.8. The molecule has 0 aliphatic carbocycles. The van der Waals surface area contributed by atoms with Crippen molar-refractivity contribution in [1.29, 1.82) is 0 Å². The number of hydrogen-bond acceptors (Lipinski definition) is 6. The van der Waals surface area contributed by atoms with Crippen LogP contribution in [0.2, 0.25) is 0 Å². The molecule has 2 aromatic rings. The number of nitrogens with one attached hydrogen (secondary N) is 1. The number of unbranched alkanes of at least 4 members (excludes halogenated alkanes) is 8. The fourth-order valence-corrected chi connectivity index (χ4v) is 6.22. The number of aliphatic carboxylic acids is 1. The quantitative estimate of drug-likeness (QED) is 0.0622. The molecule has 1 aromatic heterocycles. The Kier molecular flexibility index (Phi) is 14.2. The molecule has 1 saturated heterocycles. The van der Waals surface area contributed by atoms with Gasteiger partial charge in [0.25, 0.3) is 0 Å². The van der Waals surface area contributed by atoms with E-state index in [1.54, 1.807) is 21.9 Å². The molecule has 3 heterocycles. The zero-order valence-corrected chi connectivity index (χ0v) is 26.8. The van der Waals surface area contributed by atoms with Gasteiger partial charge in [0.15, 0.2) is 11.6 Å². The maximum Gasteiger partial charge on any atom is 0.320 e. The summed E-state index contributed by atoms with van der Waals surface area (Å²) >= 11 is 0. The largest absolute Gasteiger partial charge is 0.491 e. The number of benzene rings is 1. The highest BCUT2D eigenvalue weighted by Crippen LogP contribution is 2.31. The summed E-state index contributed by atoms with van der Waals surface area (Å²) < 4.78 is 20.8. The van der Waals surface area contributed by atoms with E-state index in [1.807, 2.05) is 0 Å². The van der Waals surface area contributed by atoms with Crippen LogP contribution in [0.5, 0.6) is 5.75 Å². The SMILES string of the molecule is [N-]=[N+]=NCCCCCCCCCCCOc1ccc([C@H](CC(=O)O)N2CCN(CCCc3ccc4c(n3)NCCC4)C2=O)cc1F. The number of fused-ring (bicyclic) bond motifs is 1. The highest BCUT2D eigenvalue weighted by molar-refractivity contribution is 5.78. The van der Waals surface area contributed by atoms with E-state index in [1.165, 1.54) is 24.5 Å². The lowest BCUT2D eigenvalue weighted by atomic mass is 10.0. The maximum absolute atomic E-state index is 15.1. The number of aromatic nitrogens is 1. The van der Waals surface area contributed by atoms with Crippen LogP contribution in [0.3, 0.4) is 0 Å². The number of urea groups is 1. The standard InChI is InChI=1S/C34H48FN7O4/c35-29-24-27(15-17-31(29)46-23-9-7-5-3-1-2-4-6-8-19-38-40-36)30(25-32(43)44)42-22-21-41(34(42)45)20-11-13-28-16-14-26-12-10-18-37-33(26)39-28/h14-17,24,30H,1-13,18-23,25H2,(H,37,39)(H,43,44)/t30-/m0/s1. The van der Waals surface area contributed by atoms with E-state index in [2.05, 4.69) is 27.5 Å². The number of nitrogens with zero attached hydrogens (tertiary/aromatic N) is 6. The number of hydrogen-bond donors (Lipinski definition) is 2. The lowest BCUT2D eigenvalue weighted by Gasteiger charge is -2.27. The van der Waals surface area contributed by atoms with E-state index in [0.717, 1.165) is 88.7 Å². The van der Waals surface area contributed by atoms with E-state index in [0.29, 0.717) is 38.3 Å². The lowest BCUT2D eigenvalue weighted by Crippen LogP contribution is -2.36. The molecule has 1 fully saturated rings. The molecule has 2 aliphatic heterocycles. The van der Waals surface area contributed by atoms with Crippen molar-refractivity contribution in [3.05, 3.63) is 63.4 Å². The Balaban J connectivity index is 1.19. The van der Waals surface area contributed by atoms with Gasteiger partial charge in [-0.3, -0.25) is 4.79 Å². The fraction of sp³-hybridized carbons (Fsp3) is 0.618. The summed E-state index contributed by atoms with van der Waals surface area (Å²) in [6.07, 6.45) is 13.0. The normalized spacial score (nSPS) is 14.8. The van der Waals surface area contributed by atoms with E-state index < -0.39 is 17.8 Å². The Bertz CT molecular complexity index is 1340. The van der Waals surface area contributed by atoms with Gasteiger partial charge in [0.05, 0.1) is 19.1 Å². The molecule has 12 heteroatoms. The molecule has 2 N–H and O–H groups in total. The van der Waals surface area contributed by atoms with Gasteiger partial charge in [-0.2, -0.15) is 0 Å². The van der Waals surface area contributed by atoms with Crippen LogP contribution in [-0.4, -0.2) is 71.2 Å². The van der Waals surface area contributed by atoms with Gasteiger partial charge in [0, 0.05) is 43.3 Å². The van der Waals surface area contributed by atoms with E-state index in [9.17, 15) is 14.7 Å². The number of azide groups is 1. The first-order valence-electron chi connectivity index (χ1n) is 16.9. The van der Waals surface area contributed by atoms with Crippen molar-refractivity contribution in [1.82, 2.24) is 14.8 Å². The first kappa shape index (κ1) is 34.8. The summed E-state index contributed by atoms with van der Waals surface area (Å²) in [6, 6.07) is 7.71. The third kappa shape index (κ3) is 10.8. The van der Waals surface area contributed by atoms with Crippen LogP contribution in [0, 0.1) is 5.82 Å². The Morgan fingerprint density at radius 3 is 2.57 bits per heavy atom. The summed E-state index contributed by atoms with van der Waals surface area (Å²) in [5.41, 5.74) is 11.0. The number of carboxylic acid groups (broad SMARTS) is 1. The first-order valence-corrected chi connectivity index (χ1v) is 16.9. The number of pyridine rings is 1. The monoisotopic (exact) mass is 637 g/mol. The van der Waals surface area contributed by atoms with Crippen molar-refractivity contribution in [2.45, 2.75) is 95.9 Å². The third-order valence-corrected chi connectivity index (χ3v) is 8.75. The van der Waals surface area contributed by atoms with E-state index >= 15 is 4.39 Å². The zero-order chi connectivity index (χ0) is 32.6. The molecule has 1 aromatic carbocycles. The minimum atomic E-state index is -1.05. The van der Waals surface area contributed by atoms with Crippen LogP contribution in [-0.2, 0) is 17.6 Å². The molecule has 0 bridgehead atoms. The fourth-order valence-electron chi connectivity index (χ4n) is 6.22. The van der Waals surface area contributed by atoms with Crippen LogP contribution in [0.4, 0.5) is 15.0 Å². The van der Waals surface area contributed by atoms with Gasteiger partial charge in [-0.15, -0.1) is 0 Å². The van der Waals surface area contributed by atoms with Gasteiger partial charge < -0.3 is 25.0 Å². The van der Waals surface area contributed by atoms with Crippen LogP contribution in [0.25, 0.3) is 10.4 Å². The number of halogens is 1. The van der Waals surface area contributed by atoms with Crippen molar-refractivity contribution in [2.24, 2.45) is 5.11 Å². The maximum atomic E-state index is 15.1. The highest BCUT2D eigenvalue weighted by atomic mass is 19.1. The highest BCUT2D eigenvalue weighted by Gasteiger charge is 2.35. The Labute approximate surface area is 271 Å². The zero-order valence-electron chi connectivity index (χ0n) is 26.8. The second-order valence-electron chi connectivity index (χ2n) is 12.2. The van der Waals surface area contributed by atoms with Gasteiger partial charge in [0.1, 0.15) is 5.82 Å². The number of carbonyl (C=O) groups excluding carboxylic acids is 1. The molecule has 4 rings (SSSR count). The minimum absolute atomic E-state index is 0.138. The predicted molar refractivity (Wildman–Crippen MR) is 175 cm³/mol. The van der Waals surface area contributed by atoms with Gasteiger partial charge >= 0.3 is 12.0 Å². The van der Waals surface area contributed by atoms with Crippen molar-refractivity contribution in [2.75, 3.05) is 44.6 Å². The topological polar surface area (TPSA) is 144 Å². The predicted octanol–water partition coefficient (Wildman–Crippen LogP) is 7.67. The first-order chi connectivity index (χ1) is 22.5. The van der Waals surface area contributed by atoms with Crippen molar-refractivity contribution in [3.8, 4) is 5.75 Å². The average molecular weight is 638 g/mol. The molecule has 2 aliphatic rings. The molecular formula is C34H48FN7O4. The van der Waals surface area contributed by atoms with E-state index in [4.69, 9.17) is 15.3 Å². The molecule has 1 atom stereocenters. The molecular weight excluding hydrogens is 589 g/mol. The second-order valence-corrected chi connectivity index (χ2v) is 12.2. The molecule has 2 amide bonds.